The molecule has 0 spiro atoms. The first kappa shape index (κ1) is 12.0. The molecule has 2 aromatic rings. The van der Waals surface area contributed by atoms with Gasteiger partial charge in [0.05, 0.1) is 0 Å². The molecule has 1 aromatic heterocycles. The number of halogens is 4. The van der Waals surface area contributed by atoms with Crippen LogP contribution in [0.15, 0.2) is 30.6 Å². The SMILES string of the molecule is Cc1cccc(-n2cnc(Cl)c2C(F)(F)F)c1. The molecule has 17 heavy (non-hydrogen) atoms. The summed E-state index contributed by atoms with van der Waals surface area (Å²) in [6.07, 6.45) is -3.46. The number of hydrogen-bond acceptors (Lipinski definition) is 1. The van der Waals surface area contributed by atoms with Gasteiger partial charge in [-0.05, 0) is 24.6 Å². The van der Waals surface area contributed by atoms with Crippen LogP contribution in [0.1, 0.15) is 11.3 Å². The Morgan fingerprint density at radius 2 is 2.00 bits per heavy atom. The van der Waals surface area contributed by atoms with Crippen molar-refractivity contribution in [1.82, 2.24) is 9.55 Å². The number of rotatable bonds is 1. The van der Waals surface area contributed by atoms with E-state index in [1.807, 2.05) is 0 Å². The van der Waals surface area contributed by atoms with Gasteiger partial charge in [0.2, 0.25) is 0 Å². The Morgan fingerprint density at radius 3 is 2.59 bits per heavy atom. The third-order valence-corrected chi connectivity index (χ3v) is 2.55. The van der Waals surface area contributed by atoms with Gasteiger partial charge in [0, 0.05) is 5.69 Å². The zero-order chi connectivity index (χ0) is 12.6. The molecule has 0 unspecified atom stereocenters. The van der Waals surface area contributed by atoms with Gasteiger partial charge in [-0.2, -0.15) is 13.2 Å². The number of aryl methyl sites for hydroxylation is 1. The van der Waals surface area contributed by atoms with E-state index in [-0.39, 0.29) is 0 Å². The van der Waals surface area contributed by atoms with Crippen molar-refractivity contribution in [3.8, 4) is 5.69 Å². The normalized spacial score (nSPS) is 11.8. The van der Waals surface area contributed by atoms with Crippen LogP contribution in [0.2, 0.25) is 5.15 Å². The van der Waals surface area contributed by atoms with Gasteiger partial charge in [-0.15, -0.1) is 0 Å². The van der Waals surface area contributed by atoms with Crippen molar-refractivity contribution < 1.29 is 13.2 Å². The van der Waals surface area contributed by atoms with Gasteiger partial charge in [0.1, 0.15) is 6.33 Å². The van der Waals surface area contributed by atoms with Gasteiger partial charge in [-0.3, -0.25) is 4.57 Å². The summed E-state index contributed by atoms with van der Waals surface area (Å²) in [4.78, 5) is 3.50. The third kappa shape index (κ3) is 2.29. The minimum atomic E-state index is -4.53. The van der Waals surface area contributed by atoms with Crippen molar-refractivity contribution in [2.45, 2.75) is 13.1 Å². The highest BCUT2D eigenvalue weighted by atomic mass is 35.5. The molecule has 1 aromatic carbocycles. The Bertz CT molecular complexity index is 546. The maximum atomic E-state index is 12.8. The average Bonchev–Trinajstić information content (AvgIpc) is 2.59. The monoisotopic (exact) mass is 260 g/mol. The number of aromatic nitrogens is 2. The van der Waals surface area contributed by atoms with Crippen LogP contribution in [-0.2, 0) is 6.18 Å². The molecule has 6 heteroatoms. The maximum Gasteiger partial charge on any atom is 0.434 e. The first-order chi connectivity index (χ1) is 7.89. The van der Waals surface area contributed by atoms with Gasteiger partial charge in [0.25, 0.3) is 0 Å². The summed E-state index contributed by atoms with van der Waals surface area (Å²) >= 11 is 5.47. The summed E-state index contributed by atoms with van der Waals surface area (Å²) < 4.78 is 39.3. The molecule has 2 rings (SSSR count). The number of hydrogen-bond donors (Lipinski definition) is 0. The maximum absolute atomic E-state index is 12.8. The van der Waals surface area contributed by atoms with Crippen LogP contribution < -0.4 is 0 Å². The number of nitrogens with zero attached hydrogens (tertiary/aromatic N) is 2. The van der Waals surface area contributed by atoms with Crippen molar-refractivity contribution >= 4 is 11.6 Å². The van der Waals surface area contributed by atoms with Gasteiger partial charge >= 0.3 is 6.18 Å². The number of imidazole rings is 1. The predicted molar refractivity (Wildman–Crippen MR) is 58.3 cm³/mol. The topological polar surface area (TPSA) is 17.8 Å². The van der Waals surface area contributed by atoms with Crippen LogP contribution in [0.5, 0.6) is 0 Å². The van der Waals surface area contributed by atoms with Gasteiger partial charge in [-0.1, -0.05) is 23.7 Å². The van der Waals surface area contributed by atoms with Crippen LogP contribution >= 0.6 is 11.6 Å². The molecule has 0 saturated heterocycles. The second kappa shape index (κ2) is 4.07. The van der Waals surface area contributed by atoms with Crippen molar-refractivity contribution in [3.63, 3.8) is 0 Å². The summed E-state index contributed by atoms with van der Waals surface area (Å²) in [5.74, 6) is 0. The lowest BCUT2D eigenvalue weighted by molar-refractivity contribution is -0.142. The molecule has 0 amide bonds. The molecule has 0 aliphatic heterocycles. The number of benzene rings is 1. The largest absolute Gasteiger partial charge is 0.434 e. The fourth-order valence-electron chi connectivity index (χ4n) is 1.55. The van der Waals surface area contributed by atoms with Crippen LogP contribution in [0.25, 0.3) is 5.69 Å². The standard InChI is InChI=1S/C11H8ClF3N2/c1-7-3-2-4-8(5-7)17-6-16-10(12)9(17)11(13,14)15/h2-6H,1H3. The van der Waals surface area contributed by atoms with E-state index in [1.54, 1.807) is 31.2 Å². The van der Waals surface area contributed by atoms with Crippen LogP contribution in [-0.4, -0.2) is 9.55 Å². The zero-order valence-corrected chi connectivity index (χ0v) is 9.55. The van der Waals surface area contributed by atoms with E-state index < -0.39 is 17.0 Å². The molecule has 0 bridgehead atoms. The predicted octanol–water partition coefficient (Wildman–Crippen LogP) is 3.85. The highest BCUT2D eigenvalue weighted by molar-refractivity contribution is 6.30. The second-order valence-electron chi connectivity index (χ2n) is 3.59. The van der Waals surface area contributed by atoms with Crippen LogP contribution in [0.4, 0.5) is 13.2 Å². The van der Waals surface area contributed by atoms with Gasteiger partial charge in [-0.25, -0.2) is 4.98 Å². The minimum Gasteiger partial charge on any atom is -0.294 e. The molecule has 2 nitrogen and oxygen atoms in total. The van der Waals surface area contributed by atoms with E-state index in [1.165, 1.54) is 0 Å². The van der Waals surface area contributed by atoms with Crippen LogP contribution in [0, 0.1) is 6.92 Å². The molecule has 0 fully saturated rings. The summed E-state index contributed by atoms with van der Waals surface area (Å²) in [5, 5.41) is -0.543. The van der Waals surface area contributed by atoms with E-state index in [2.05, 4.69) is 4.98 Å². The Balaban J connectivity index is 2.61. The zero-order valence-electron chi connectivity index (χ0n) is 8.79. The Morgan fingerprint density at radius 1 is 1.29 bits per heavy atom. The van der Waals surface area contributed by atoms with Gasteiger partial charge in [0.15, 0.2) is 10.8 Å². The second-order valence-corrected chi connectivity index (χ2v) is 3.95. The summed E-state index contributed by atoms with van der Waals surface area (Å²) in [5.41, 5.74) is 0.293. The quantitative estimate of drug-likeness (QED) is 0.761. The fraction of sp³-hybridized carbons (Fsp3) is 0.182. The Hall–Kier alpha value is -1.49. The number of alkyl halides is 3. The van der Waals surface area contributed by atoms with E-state index in [9.17, 15) is 13.2 Å². The molecule has 1 heterocycles. The van der Waals surface area contributed by atoms with E-state index >= 15 is 0 Å². The summed E-state index contributed by atoms with van der Waals surface area (Å²) in [6.45, 7) is 1.80. The summed E-state index contributed by atoms with van der Waals surface area (Å²) in [6, 6.07) is 6.68. The van der Waals surface area contributed by atoms with Gasteiger partial charge < -0.3 is 0 Å². The van der Waals surface area contributed by atoms with E-state index in [0.717, 1.165) is 16.5 Å². The van der Waals surface area contributed by atoms with Crippen molar-refractivity contribution in [3.05, 3.63) is 47.0 Å². The Labute approximate surface area is 101 Å². The summed E-state index contributed by atoms with van der Waals surface area (Å²) in [7, 11) is 0. The molecule has 0 saturated carbocycles. The van der Waals surface area contributed by atoms with Crippen molar-refractivity contribution in [2.75, 3.05) is 0 Å². The lowest BCUT2D eigenvalue weighted by atomic mass is 10.2. The highest BCUT2D eigenvalue weighted by Gasteiger charge is 2.38. The lowest BCUT2D eigenvalue weighted by Crippen LogP contribution is -2.12. The van der Waals surface area contributed by atoms with Crippen molar-refractivity contribution in [1.29, 1.82) is 0 Å². The molecule has 0 radical (unpaired) electrons. The van der Waals surface area contributed by atoms with Crippen LogP contribution in [0.3, 0.4) is 0 Å². The molecular formula is C11H8ClF3N2. The first-order valence-electron chi connectivity index (χ1n) is 4.76. The van der Waals surface area contributed by atoms with Crippen molar-refractivity contribution in [2.24, 2.45) is 0 Å². The molecule has 0 aliphatic carbocycles. The fourth-order valence-corrected chi connectivity index (χ4v) is 1.80. The average molecular weight is 261 g/mol. The van der Waals surface area contributed by atoms with E-state index in [4.69, 9.17) is 11.6 Å². The molecule has 0 aliphatic rings. The Kier molecular flexibility index (Phi) is 2.87. The molecule has 0 atom stereocenters. The minimum absolute atomic E-state index is 0.386. The first-order valence-corrected chi connectivity index (χ1v) is 5.14. The molecular weight excluding hydrogens is 253 g/mol. The smallest absolute Gasteiger partial charge is 0.294 e. The highest BCUT2D eigenvalue weighted by Crippen LogP contribution is 2.35. The third-order valence-electron chi connectivity index (χ3n) is 2.27. The molecule has 0 N–H and O–H groups in total. The molecule has 90 valence electrons. The lowest BCUT2D eigenvalue weighted by Gasteiger charge is -2.11. The van der Waals surface area contributed by atoms with E-state index in [0.29, 0.717) is 5.69 Å².